The van der Waals surface area contributed by atoms with Crippen molar-refractivity contribution in [1.29, 1.82) is 0 Å². The van der Waals surface area contributed by atoms with E-state index in [1.54, 1.807) is 7.11 Å². The average molecular weight is 424 g/mol. The standard InChI is InChI=1S/C20H22F2N2O4S/c1-28-16-8-4-14(5-9-16)18-3-2-12-24(18)13-19(25)23-15-6-10-17(11-7-15)29(26,27)20(21)22/h4-11,18,20H,2-3,12-13H2,1H3,(H,23,25). The maximum absolute atomic E-state index is 12.6. The maximum Gasteiger partial charge on any atom is 0.341 e. The number of carbonyl (C=O) groups is 1. The SMILES string of the molecule is COc1ccc(C2CCCN2CC(=O)Nc2ccc(S(=O)(=O)C(F)F)cc2)cc1. The Morgan fingerprint density at radius 3 is 2.41 bits per heavy atom. The quantitative estimate of drug-likeness (QED) is 0.737. The van der Waals surface area contributed by atoms with Gasteiger partial charge in [-0.05, 0) is 61.3 Å². The molecule has 0 aromatic heterocycles. The van der Waals surface area contributed by atoms with Crippen molar-refractivity contribution in [2.24, 2.45) is 0 Å². The predicted molar refractivity (Wildman–Crippen MR) is 105 cm³/mol. The molecule has 1 aliphatic heterocycles. The number of likely N-dealkylation sites (tertiary alicyclic amines) is 1. The van der Waals surface area contributed by atoms with E-state index in [0.29, 0.717) is 5.69 Å². The lowest BCUT2D eigenvalue weighted by molar-refractivity contribution is -0.117. The molecule has 0 bridgehead atoms. The van der Waals surface area contributed by atoms with Crippen LogP contribution in [0.15, 0.2) is 53.4 Å². The molecule has 1 unspecified atom stereocenters. The van der Waals surface area contributed by atoms with Crippen molar-refractivity contribution < 1.29 is 26.7 Å². The van der Waals surface area contributed by atoms with Crippen molar-refractivity contribution in [3.63, 3.8) is 0 Å². The number of rotatable bonds is 7. The molecular weight excluding hydrogens is 402 g/mol. The van der Waals surface area contributed by atoms with Gasteiger partial charge in [0.1, 0.15) is 5.75 Å². The van der Waals surface area contributed by atoms with Gasteiger partial charge in [-0.25, -0.2) is 8.42 Å². The lowest BCUT2D eigenvalue weighted by Gasteiger charge is -2.24. The number of nitrogens with one attached hydrogen (secondary N) is 1. The highest BCUT2D eigenvalue weighted by molar-refractivity contribution is 7.91. The minimum absolute atomic E-state index is 0.130. The van der Waals surface area contributed by atoms with Gasteiger partial charge in [0.15, 0.2) is 0 Å². The number of carbonyl (C=O) groups excluding carboxylic acids is 1. The third-order valence-electron chi connectivity index (χ3n) is 4.91. The summed E-state index contributed by atoms with van der Waals surface area (Å²) in [6.45, 7) is 0.962. The van der Waals surface area contributed by atoms with Crippen LogP contribution in [0.1, 0.15) is 24.4 Å². The van der Waals surface area contributed by atoms with Crippen molar-refractivity contribution in [2.75, 3.05) is 25.5 Å². The number of methoxy groups -OCH3 is 1. The molecule has 0 saturated carbocycles. The van der Waals surface area contributed by atoms with E-state index in [4.69, 9.17) is 4.74 Å². The van der Waals surface area contributed by atoms with Crippen LogP contribution >= 0.6 is 0 Å². The van der Waals surface area contributed by atoms with Crippen LogP contribution in [0, 0.1) is 0 Å². The number of sulfone groups is 1. The van der Waals surface area contributed by atoms with E-state index in [9.17, 15) is 22.0 Å². The number of nitrogens with zero attached hydrogens (tertiary/aromatic N) is 1. The largest absolute Gasteiger partial charge is 0.497 e. The molecule has 1 atom stereocenters. The third kappa shape index (κ3) is 4.91. The topological polar surface area (TPSA) is 75.7 Å². The number of ether oxygens (including phenoxy) is 1. The normalized spacial score (nSPS) is 17.4. The number of hydrogen-bond donors (Lipinski definition) is 1. The van der Waals surface area contributed by atoms with Crippen molar-refractivity contribution in [3.05, 3.63) is 54.1 Å². The Bertz CT molecular complexity index is 947. The number of hydrogen-bond acceptors (Lipinski definition) is 5. The summed E-state index contributed by atoms with van der Waals surface area (Å²) in [5.74, 6) is -2.96. The molecule has 1 saturated heterocycles. The van der Waals surface area contributed by atoms with Crippen LogP contribution in [0.2, 0.25) is 0 Å². The van der Waals surface area contributed by atoms with Gasteiger partial charge in [-0.3, -0.25) is 9.69 Å². The summed E-state index contributed by atoms with van der Waals surface area (Å²) in [4.78, 5) is 14.0. The fourth-order valence-corrected chi connectivity index (χ4v) is 4.16. The zero-order chi connectivity index (χ0) is 21.0. The molecule has 29 heavy (non-hydrogen) atoms. The van der Waals surface area contributed by atoms with E-state index < -0.39 is 20.5 Å². The molecule has 1 amide bonds. The van der Waals surface area contributed by atoms with Crippen LogP contribution in [0.4, 0.5) is 14.5 Å². The Hall–Kier alpha value is -2.52. The number of halogens is 2. The smallest absolute Gasteiger partial charge is 0.341 e. The molecule has 156 valence electrons. The fourth-order valence-electron chi connectivity index (χ4n) is 3.43. The second-order valence-corrected chi connectivity index (χ2v) is 8.70. The minimum atomic E-state index is -4.65. The number of alkyl halides is 2. The molecule has 0 aliphatic carbocycles. The molecule has 3 rings (SSSR count). The zero-order valence-electron chi connectivity index (χ0n) is 15.8. The van der Waals surface area contributed by atoms with Gasteiger partial charge < -0.3 is 10.1 Å². The molecule has 0 radical (unpaired) electrons. The summed E-state index contributed by atoms with van der Waals surface area (Å²) < 4.78 is 53.3. The van der Waals surface area contributed by atoms with Crippen LogP contribution < -0.4 is 10.1 Å². The van der Waals surface area contributed by atoms with E-state index in [0.717, 1.165) is 42.8 Å². The summed E-state index contributed by atoms with van der Waals surface area (Å²) in [7, 11) is -3.04. The van der Waals surface area contributed by atoms with E-state index >= 15 is 0 Å². The van der Waals surface area contributed by atoms with Crippen LogP contribution in [0.3, 0.4) is 0 Å². The Morgan fingerprint density at radius 1 is 1.17 bits per heavy atom. The summed E-state index contributed by atoms with van der Waals surface area (Å²) >= 11 is 0. The van der Waals surface area contributed by atoms with Crippen LogP contribution in [0.25, 0.3) is 0 Å². The molecule has 2 aromatic carbocycles. The lowest BCUT2D eigenvalue weighted by Crippen LogP contribution is -2.32. The lowest BCUT2D eigenvalue weighted by atomic mass is 10.0. The Kier molecular flexibility index (Phi) is 6.49. The minimum Gasteiger partial charge on any atom is -0.497 e. The number of anilines is 1. The van der Waals surface area contributed by atoms with E-state index in [-0.39, 0.29) is 18.5 Å². The second-order valence-electron chi connectivity index (χ2n) is 6.78. The Labute approximate surface area is 168 Å². The number of amides is 1. The van der Waals surface area contributed by atoms with E-state index in [1.165, 1.54) is 12.1 Å². The molecule has 0 spiro atoms. The molecule has 1 N–H and O–H groups in total. The average Bonchev–Trinajstić information content (AvgIpc) is 3.16. The van der Waals surface area contributed by atoms with Gasteiger partial charge in [-0.15, -0.1) is 0 Å². The molecular formula is C20H22F2N2O4S. The van der Waals surface area contributed by atoms with Crippen molar-refractivity contribution in [2.45, 2.75) is 29.5 Å². The zero-order valence-corrected chi connectivity index (χ0v) is 16.7. The highest BCUT2D eigenvalue weighted by Crippen LogP contribution is 2.32. The highest BCUT2D eigenvalue weighted by Gasteiger charge is 2.28. The first-order valence-electron chi connectivity index (χ1n) is 9.11. The van der Waals surface area contributed by atoms with Crippen LogP contribution in [-0.2, 0) is 14.6 Å². The summed E-state index contributed by atoms with van der Waals surface area (Å²) in [6, 6.07) is 12.6. The summed E-state index contributed by atoms with van der Waals surface area (Å²) in [5.41, 5.74) is 1.46. The first-order chi connectivity index (χ1) is 13.8. The third-order valence-corrected chi connectivity index (χ3v) is 6.31. The van der Waals surface area contributed by atoms with Gasteiger partial charge in [0.25, 0.3) is 0 Å². The Balaban J connectivity index is 1.62. The predicted octanol–water partition coefficient (Wildman–Crippen LogP) is 3.47. The first kappa shape index (κ1) is 21.2. The van der Waals surface area contributed by atoms with Crippen molar-refractivity contribution >= 4 is 21.4 Å². The fraction of sp³-hybridized carbons (Fsp3) is 0.350. The van der Waals surface area contributed by atoms with Crippen molar-refractivity contribution in [3.8, 4) is 5.75 Å². The monoisotopic (exact) mass is 424 g/mol. The molecule has 9 heteroatoms. The van der Waals surface area contributed by atoms with Crippen LogP contribution in [0.5, 0.6) is 5.75 Å². The molecule has 6 nitrogen and oxygen atoms in total. The van der Waals surface area contributed by atoms with Crippen molar-refractivity contribution in [1.82, 2.24) is 4.90 Å². The first-order valence-corrected chi connectivity index (χ1v) is 10.7. The van der Waals surface area contributed by atoms with E-state index in [2.05, 4.69) is 10.2 Å². The van der Waals surface area contributed by atoms with Crippen LogP contribution in [-0.4, -0.2) is 45.2 Å². The highest BCUT2D eigenvalue weighted by atomic mass is 32.2. The molecule has 1 fully saturated rings. The van der Waals surface area contributed by atoms with Gasteiger partial charge in [0, 0.05) is 11.7 Å². The van der Waals surface area contributed by atoms with E-state index in [1.807, 2.05) is 24.3 Å². The van der Waals surface area contributed by atoms with Gasteiger partial charge in [0.05, 0.1) is 18.6 Å². The van der Waals surface area contributed by atoms with Gasteiger partial charge in [0.2, 0.25) is 15.7 Å². The molecule has 1 heterocycles. The Morgan fingerprint density at radius 2 is 1.83 bits per heavy atom. The number of benzene rings is 2. The van der Waals surface area contributed by atoms with Gasteiger partial charge >= 0.3 is 5.76 Å². The summed E-state index contributed by atoms with van der Waals surface area (Å²) in [6.07, 6.45) is 1.92. The molecule has 2 aromatic rings. The molecule has 1 aliphatic rings. The second kappa shape index (κ2) is 8.87. The summed E-state index contributed by atoms with van der Waals surface area (Å²) in [5, 5.41) is 2.68. The van der Waals surface area contributed by atoms with Gasteiger partial charge in [-0.1, -0.05) is 12.1 Å². The maximum atomic E-state index is 12.6. The van der Waals surface area contributed by atoms with Gasteiger partial charge in [-0.2, -0.15) is 8.78 Å².